The second kappa shape index (κ2) is 9.55. The molecule has 0 aliphatic carbocycles. The lowest BCUT2D eigenvalue weighted by Crippen LogP contribution is -2.24. The van der Waals surface area contributed by atoms with Crippen molar-refractivity contribution in [2.75, 3.05) is 18.8 Å². The van der Waals surface area contributed by atoms with Gasteiger partial charge >= 0.3 is 0 Å². The summed E-state index contributed by atoms with van der Waals surface area (Å²) in [6, 6.07) is 12.5. The molecule has 1 aliphatic heterocycles. The van der Waals surface area contributed by atoms with E-state index < -0.39 is 0 Å². The maximum atomic E-state index is 12.7. The van der Waals surface area contributed by atoms with Crippen LogP contribution in [0.5, 0.6) is 0 Å². The molecule has 0 atom stereocenters. The van der Waals surface area contributed by atoms with E-state index in [0.717, 1.165) is 25.1 Å². The summed E-state index contributed by atoms with van der Waals surface area (Å²) in [6.45, 7) is 1.36. The quantitative estimate of drug-likeness (QED) is 0.482. The third-order valence-corrected chi connectivity index (χ3v) is 4.75. The van der Waals surface area contributed by atoms with Gasteiger partial charge in [0.2, 0.25) is 0 Å². The van der Waals surface area contributed by atoms with Crippen LogP contribution in [0, 0.1) is 11.8 Å². The lowest BCUT2D eigenvalue weighted by atomic mass is 10.1. The highest BCUT2D eigenvalue weighted by atomic mass is 16.1. The lowest BCUT2D eigenvalue weighted by Gasteiger charge is -2.09. The molecule has 3 aromatic rings. The molecular formula is C24H22N6O. The van der Waals surface area contributed by atoms with Crippen LogP contribution in [0.1, 0.15) is 34.5 Å². The van der Waals surface area contributed by atoms with E-state index in [0.29, 0.717) is 29.2 Å². The minimum absolute atomic E-state index is 0.133. The van der Waals surface area contributed by atoms with E-state index in [4.69, 9.17) is 5.73 Å². The van der Waals surface area contributed by atoms with Gasteiger partial charge in [0.05, 0.1) is 17.8 Å². The van der Waals surface area contributed by atoms with Crippen molar-refractivity contribution >= 4 is 17.9 Å². The number of pyridine rings is 1. The average molecular weight is 410 g/mol. The number of hydrogen-bond acceptors (Lipinski definition) is 5. The maximum Gasteiger partial charge on any atom is 0.251 e. The predicted molar refractivity (Wildman–Crippen MR) is 121 cm³/mol. The number of anilines is 1. The van der Waals surface area contributed by atoms with Gasteiger partial charge in [-0.05, 0) is 60.7 Å². The van der Waals surface area contributed by atoms with Gasteiger partial charge in [-0.15, -0.1) is 0 Å². The number of aromatic nitrogens is 3. The second-order valence-corrected chi connectivity index (χ2v) is 7.01. The molecule has 154 valence electrons. The number of allylic oxidation sites excluding steroid dienone is 1. The number of aliphatic imine (C=N–C) groups is 1. The molecule has 31 heavy (non-hydrogen) atoms. The van der Waals surface area contributed by atoms with Crippen LogP contribution in [0.15, 0.2) is 71.5 Å². The van der Waals surface area contributed by atoms with Gasteiger partial charge in [0, 0.05) is 30.7 Å². The molecule has 0 spiro atoms. The topological polar surface area (TPSA) is 98.2 Å². The molecule has 0 fully saturated rings. The average Bonchev–Trinajstić information content (AvgIpc) is 3.49. The van der Waals surface area contributed by atoms with Crippen LogP contribution in [0.4, 0.5) is 5.82 Å². The molecule has 3 heterocycles. The number of hydrogen-bond donors (Lipinski definition) is 2. The van der Waals surface area contributed by atoms with Crippen LogP contribution in [-0.4, -0.2) is 40.0 Å². The van der Waals surface area contributed by atoms with Gasteiger partial charge in [0.15, 0.2) is 0 Å². The van der Waals surface area contributed by atoms with Gasteiger partial charge in [0.1, 0.15) is 11.5 Å². The smallest absolute Gasteiger partial charge is 0.251 e. The largest absolute Gasteiger partial charge is 0.384 e. The molecule has 0 unspecified atom stereocenters. The molecule has 7 nitrogen and oxygen atoms in total. The van der Waals surface area contributed by atoms with Gasteiger partial charge in [-0.25, -0.2) is 9.67 Å². The van der Waals surface area contributed by atoms with Gasteiger partial charge < -0.3 is 11.1 Å². The fraction of sp³-hybridized carbons (Fsp3) is 0.167. The molecule has 0 bridgehead atoms. The number of nitrogens with two attached hydrogens (primary N) is 1. The first-order valence-corrected chi connectivity index (χ1v) is 10.0. The minimum atomic E-state index is -0.133. The second-order valence-electron chi connectivity index (χ2n) is 7.01. The van der Waals surface area contributed by atoms with E-state index in [2.05, 4.69) is 38.3 Å². The molecule has 0 saturated heterocycles. The number of nitrogens with one attached hydrogen (secondary N) is 1. The van der Waals surface area contributed by atoms with E-state index in [-0.39, 0.29) is 5.91 Å². The first-order chi connectivity index (χ1) is 15.2. The fourth-order valence-electron chi connectivity index (χ4n) is 3.20. The van der Waals surface area contributed by atoms with Crippen molar-refractivity contribution in [2.45, 2.75) is 12.8 Å². The Morgan fingerprint density at radius 3 is 2.90 bits per heavy atom. The maximum absolute atomic E-state index is 12.7. The number of carbonyl (C=O) groups excluding carboxylic acids is 1. The Hall–Kier alpha value is -4.18. The molecule has 2 aromatic heterocycles. The summed E-state index contributed by atoms with van der Waals surface area (Å²) in [5.74, 6) is 6.41. The van der Waals surface area contributed by atoms with Gasteiger partial charge in [-0.2, -0.15) is 5.10 Å². The van der Waals surface area contributed by atoms with Crippen molar-refractivity contribution in [3.63, 3.8) is 0 Å². The molecule has 3 N–H and O–H groups in total. The van der Waals surface area contributed by atoms with Crippen molar-refractivity contribution in [2.24, 2.45) is 4.99 Å². The Morgan fingerprint density at radius 2 is 2.13 bits per heavy atom. The van der Waals surface area contributed by atoms with E-state index in [1.165, 1.54) is 5.57 Å². The summed E-state index contributed by atoms with van der Waals surface area (Å²) in [5.41, 5.74) is 9.53. The molecular weight excluding hydrogens is 388 g/mol. The minimum Gasteiger partial charge on any atom is -0.384 e. The Morgan fingerprint density at radius 1 is 1.19 bits per heavy atom. The molecule has 4 rings (SSSR count). The monoisotopic (exact) mass is 410 g/mol. The molecule has 0 saturated carbocycles. The van der Waals surface area contributed by atoms with Crippen LogP contribution in [0.2, 0.25) is 0 Å². The van der Waals surface area contributed by atoms with Crippen LogP contribution in [0.25, 0.3) is 5.69 Å². The highest BCUT2D eigenvalue weighted by molar-refractivity contribution is 5.95. The summed E-state index contributed by atoms with van der Waals surface area (Å²) in [4.78, 5) is 21.0. The standard InChI is InChI=1S/C24H22N6O/c25-23-6-1-5-21(29-23)9-7-19-16-20(8-10-22(19)30-15-3-13-28-30)24(31)27-12-2-4-18-11-14-26-17-18/h1,3,5-6,8,10-11,13,15-17H,2,4,12,14H2,(H2,25,29)(H,27,31). The summed E-state index contributed by atoms with van der Waals surface area (Å²) in [7, 11) is 0. The zero-order valence-electron chi connectivity index (χ0n) is 17.0. The van der Waals surface area contributed by atoms with Crippen molar-refractivity contribution < 1.29 is 4.79 Å². The first-order valence-electron chi connectivity index (χ1n) is 10.0. The number of nitrogens with zero attached hydrogens (tertiary/aromatic N) is 4. The number of rotatable bonds is 6. The van der Waals surface area contributed by atoms with Crippen molar-refractivity contribution in [1.29, 1.82) is 0 Å². The van der Waals surface area contributed by atoms with E-state index >= 15 is 0 Å². The number of nitrogen functional groups attached to an aromatic ring is 1. The fourth-order valence-corrected chi connectivity index (χ4v) is 3.20. The zero-order valence-corrected chi connectivity index (χ0v) is 17.0. The van der Waals surface area contributed by atoms with Gasteiger partial charge in [-0.1, -0.05) is 18.1 Å². The number of benzene rings is 1. The Bertz CT molecular complexity index is 1200. The Kier molecular flexibility index (Phi) is 6.19. The van der Waals surface area contributed by atoms with Crippen LogP contribution < -0.4 is 11.1 Å². The highest BCUT2D eigenvalue weighted by Crippen LogP contribution is 2.16. The normalized spacial score (nSPS) is 12.2. The molecule has 7 heteroatoms. The highest BCUT2D eigenvalue weighted by Gasteiger charge is 2.10. The summed E-state index contributed by atoms with van der Waals surface area (Å²) in [5, 5.41) is 7.26. The van der Waals surface area contributed by atoms with E-state index in [1.54, 1.807) is 41.2 Å². The number of carbonyl (C=O) groups is 1. The van der Waals surface area contributed by atoms with Crippen molar-refractivity contribution in [1.82, 2.24) is 20.1 Å². The Balaban J connectivity index is 1.52. The van der Waals surface area contributed by atoms with Gasteiger partial charge in [0.25, 0.3) is 5.91 Å². The van der Waals surface area contributed by atoms with E-state index in [9.17, 15) is 4.79 Å². The van der Waals surface area contributed by atoms with Crippen molar-refractivity contribution in [3.8, 4) is 17.5 Å². The first kappa shape index (κ1) is 20.1. The van der Waals surface area contributed by atoms with Crippen LogP contribution in [0.3, 0.4) is 0 Å². The predicted octanol–water partition coefficient (Wildman–Crippen LogP) is 2.77. The Labute approximate surface area is 180 Å². The molecule has 1 aliphatic rings. The lowest BCUT2D eigenvalue weighted by molar-refractivity contribution is 0.0953. The third-order valence-electron chi connectivity index (χ3n) is 4.75. The SMILES string of the molecule is Nc1cccc(C#Cc2cc(C(=O)NCCCC3=CCN=C3)ccc2-n2cccn2)n1. The third kappa shape index (κ3) is 5.25. The summed E-state index contributed by atoms with van der Waals surface area (Å²) < 4.78 is 1.72. The van der Waals surface area contributed by atoms with Crippen molar-refractivity contribution in [3.05, 3.63) is 83.3 Å². The summed E-state index contributed by atoms with van der Waals surface area (Å²) >= 11 is 0. The van der Waals surface area contributed by atoms with Crippen LogP contribution >= 0.6 is 0 Å². The van der Waals surface area contributed by atoms with E-state index in [1.807, 2.05) is 24.5 Å². The molecule has 0 radical (unpaired) electrons. The van der Waals surface area contributed by atoms with Gasteiger partial charge in [-0.3, -0.25) is 9.79 Å². The number of amides is 1. The van der Waals surface area contributed by atoms with Crippen LogP contribution in [-0.2, 0) is 0 Å². The zero-order chi connectivity index (χ0) is 21.5. The molecule has 1 aromatic carbocycles. The summed E-state index contributed by atoms with van der Waals surface area (Å²) in [6.07, 6.45) is 9.31. The molecule has 1 amide bonds.